The van der Waals surface area contributed by atoms with E-state index in [1.54, 1.807) is 0 Å². The molecule has 3 heteroatoms. The Bertz CT molecular complexity index is 347. The van der Waals surface area contributed by atoms with Crippen LogP contribution in [-0.4, -0.2) is 32.7 Å². The lowest BCUT2D eigenvalue weighted by molar-refractivity contribution is 0.286. The first-order valence-electron chi connectivity index (χ1n) is 5.40. The van der Waals surface area contributed by atoms with Gasteiger partial charge in [0.2, 0.25) is 0 Å². The first-order valence-corrected chi connectivity index (χ1v) is 5.40. The van der Waals surface area contributed by atoms with E-state index in [9.17, 15) is 0 Å². The average molecular weight is 205 g/mol. The minimum atomic E-state index is 0.907. The summed E-state index contributed by atoms with van der Waals surface area (Å²) >= 11 is 0. The molecule has 0 saturated heterocycles. The SMILES string of the molecule is CN(C)NCc1ccc2c(c1)CCN2C. The van der Waals surface area contributed by atoms with Crippen LogP contribution in [0.3, 0.4) is 0 Å². The van der Waals surface area contributed by atoms with E-state index in [1.165, 1.54) is 23.2 Å². The summed E-state index contributed by atoms with van der Waals surface area (Å²) in [6, 6.07) is 6.75. The molecule has 1 heterocycles. The van der Waals surface area contributed by atoms with Crippen LogP contribution in [0.25, 0.3) is 0 Å². The first-order chi connectivity index (χ1) is 7.16. The molecule has 0 aromatic heterocycles. The molecule has 0 spiro atoms. The molecular weight excluding hydrogens is 186 g/mol. The summed E-state index contributed by atoms with van der Waals surface area (Å²) in [7, 11) is 6.19. The maximum atomic E-state index is 3.28. The van der Waals surface area contributed by atoms with Crippen molar-refractivity contribution < 1.29 is 0 Å². The summed E-state index contributed by atoms with van der Waals surface area (Å²) < 4.78 is 0. The zero-order valence-electron chi connectivity index (χ0n) is 9.75. The quantitative estimate of drug-likeness (QED) is 0.749. The fourth-order valence-corrected chi connectivity index (χ4v) is 1.98. The van der Waals surface area contributed by atoms with Crippen molar-refractivity contribution >= 4 is 5.69 Å². The van der Waals surface area contributed by atoms with Crippen LogP contribution in [-0.2, 0) is 13.0 Å². The third-order valence-corrected chi connectivity index (χ3v) is 2.87. The van der Waals surface area contributed by atoms with Crippen LogP contribution in [0.1, 0.15) is 11.1 Å². The second-order valence-corrected chi connectivity index (χ2v) is 4.36. The van der Waals surface area contributed by atoms with E-state index in [-0.39, 0.29) is 0 Å². The Hall–Kier alpha value is -1.06. The van der Waals surface area contributed by atoms with Gasteiger partial charge in [0.05, 0.1) is 0 Å². The van der Waals surface area contributed by atoms with Crippen molar-refractivity contribution in [2.45, 2.75) is 13.0 Å². The van der Waals surface area contributed by atoms with Crippen molar-refractivity contribution in [1.82, 2.24) is 10.4 Å². The number of fused-ring (bicyclic) bond motifs is 1. The lowest BCUT2D eigenvalue weighted by atomic mass is 10.1. The molecule has 0 fully saturated rings. The second kappa shape index (κ2) is 4.21. The third-order valence-electron chi connectivity index (χ3n) is 2.87. The molecular formula is C12H19N3. The summed E-state index contributed by atoms with van der Waals surface area (Å²) in [5.74, 6) is 0. The van der Waals surface area contributed by atoms with Gasteiger partial charge in [0.15, 0.2) is 0 Å². The molecule has 82 valence electrons. The molecule has 0 radical (unpaired) electrons. The van der Waals surface area contributed by atoms with Gasteiger partial charge < -0.3 is 4.90 Å². The van der Waals surface area contributed by atoms with Gasteiger partial charge in [0, 0.05) is 39.9 Å². The Morgan fingerprint density at radius 1 is 1.40 bits per heavy atom. The van der Waals surface area contributed by atoms with Gasteiger partial charge in [-0.1, -0.05) is 12.1 Å². The van der Waals surface area contributed by atoms with Crippen molar-refractivity contribution in [2.24, 2.45) is 0 Å². The smallest absolute Gasteiger partial charge is 0.0397 e. The Morgan fingerprint density at radius 2 is 2.20 bits per heavy atom. The zero-order chi connectivity index (χ0) is 10.8. The molecule has 1 N–H and O–H groups in total. The minimum absolute atomic E-state index is 0.907. The number of hydrazine groups is 1. The Labute approximate surface area is 91.7 Å². The zero-order valence-corrected chi connectivity index (χ0v) is 9.75. The standard InChI is InChI=1S/C12H19N3/c1-14(2)13-9-10-4-5-12-11(8-10)6-7-15(12)3/h4-5,8,13H,6-7,9H2,1-3H3. The summed E-state index contributed by atoms with van der Waals surface area (Å²) in [6.07, 6.45) is 1.18. The molecule has 0 saturated carbocycles. The number of hydrogen-bond donors (Lipinski definition) is 1. The van der Waals surface area contributed by atoms with E-state index in [0.717, 1.165) is 13.1 Å². The van der Waals surface area contributed by atoms with Crippen LogP contribution in [0.4, 0.5) is 5.69 Å². The summed E-state index contributed by atoms with van der Waals surface area (Å²) in [4.78, 5) is 2.32. The molecule has 0 amide bonds. The number of rotatable bonds is 3. The largest absolute Gasteiger partial charge is 0.374 e. The molecule has 1 aliphatic rings. The van der Waals surface area contributed by atoms with Crippen LogP contribution >= 0.6 is 0 Å². The van der Waals surface area contributed by atoms with Crippen LogP contribution in [0, 0.1) is 0 Å². The van der Waals surface area contributed by atoms with Crippen molar-refractivity contribution in [3.63, 3.8) is 0 Å². The number of anilines is 1. The monoisotopic (exact) mass is 205 g/mol. The Morgan fingerprint density at radius 3 is 2.93 bits per heavy atom. The molecule has 3 nitrogen and oxygen atoms in total. The van der Waals surface area contributed by atoms with Crippen molar-refractivity contribution in [3.8, 4) is 0 Å². The summed E-state index contributed by atoms with van der Waals surface area (Å²) in [5.41, 5.74) is 7.52. The fourth-order valence-electron chi connectivity index (χ4n) is 1.98. The van der Waals surface area contributed by atoms with Crippen molar-refractivity contribution in [1.29, 1.82) is 0 Å². The highest BCUT2D eigenvalue weighted by molar-refractivity contribution is 5.58. The lowest BCUT2D eigenvalue weighted by Gasteiger charge is -2.14. The maximum Gasteiger partial charge on any atom is 0.0397 e. The molecule has 0 bridgehead atoms. The van der Waals surface area contributed by atoms with E-state index in [2.05, 4.69) is 35.6 Å². The number of nitrogens with one attached hydrogen (secondary N) is 1. The minimum Gasteiger partial charge on any atom is -0.374 e. The van der Waals surface area contributed by atoms with E-state index in [1.807, 2.05) is 19.1 Å². The van der Waals surface area contributed by atoms with E-state index in [4.69, 9.17) is 0 Å². The summed E-state index contributed by atoms with van der Waals surface area (Å²) in [6.45, 7) is 2.06. The molecule has 1 aromatic carbocycles. The van der Waals surface area contributed by atoms with Crippen LogP contribution < -0.4 is 10.3 Å². The van der Waals surface area contributed by atoms with Gasteiger partial charge in [-0.2, -0.15) is 0 Å². The number of likely N-dealkylation sites (N-methyl/N-ethyl adjacent to an activating group) is 1. The second-order valence-electron chi connectivity index (χ2n) is 4.36. The summed E-state index contributed by atoms with van der Waals surface area (Å²) in [5, 5.41) is 1.99. The van der Waals surface area contributed by atoms with E-state index < -0.39 is 0 Å². The average Bonchev–Trinajstić information content (AvgIpc) is 2.57. The highest BCUT2D eigenvalue weighted by atomic mass is 15.5. The molecule has 15 heavy (non-hydrogen) atoms. The topological polar surface area (TPSA) is 18.5 Å². The van der Waals surface area contributed by atoms with Gasteiger partial charge in [-0.05, 0) is 23.6 Å². The molecule has 1 aromatic rings. The maximum absolute atomic E-state index is 3.28. The van der Waals surface area contributed by atoms with Crippen LogP contribution in [0.15, 0.2) is 18.2 Å². The lowest BCUT2D eigenvalue weighted by Crippen LogP contribution is -2.29. The number of nitrogens with zero attached hydrogens (tertiary/aromatic N) is 2. The van der Waals surface area contributed by atoms with Crippen LogP contribution in [0.5, 0.6) is 0 Å². The number of hydrogen-bond acceptors (Lipinski definition) is 3. The predicted molar refractivity (Wildman–Crippen MR) is 63.9 cm³/mol. The van der Waals surface area contributed by atoms with Gasteiger partial charge in [-0.25, -0.2) is 0 Å². The Kier molecular flexibility index (Phi) is 2.93. The third kappa shape index (κ3) is 2.30. The molecule has 2 rings (SSSR count). The number of benzene rings is 1. The van der Waals surface area contributed by atoms with Gasteiger partial charge in [0.25, 0.3) is 0 Å². The molecule has 0 atom stereocenters. The van der Waals surface area contributed by atoms with Gasteiger partial charge in [-0.15, -0.1) is 0 Å². The Balaban J connectivity index is 2.09. The van der Waals surface area contributed by atoms with Crippen molar-refractivity contribution in [2.75, 3.05) is 32.6 Å². The molecule has 1 aliphatic heterocycles. The fraction of sp³-hybridized carbons (Fsp3) is 0.500. The predicted octanol–water partition coefficient (Wildman–Crippen LogP) is 1.25. The van der Waals surface area contributed by atoms with E-state index in [0.29, 0.717) is 0 Å². The van der Waals surface area contributed by atoms with Gasteiger partial charge >= 0.3 is 0 Å². The highest BCUT2D eigenvalue weighted by Gasteiger charge is 2.15. The van der Waals surface area contributed by atoms with Gasteiger partial charge in [0.1, 0.15) is 0 Å². The van der Waals surface area contributed by atoms with Crippen LogP contribution in [0.2, 0.25) is 0 Å². The highest BCUT2D eigenvalue weighted by Crippen LogP contribution is 2.27. The molecule has 0 aliphatic carbocycles. The van der Waals surface area contributed by atoms with Crippen molar-refractivity contribution in [3.05, 3.63) is 29.3 Å². The first kappa shape index (κ1) is 10.5. The van der Waals surface area contributed by atoms with Gasteiger partial charge in [-0.3, -0.25) is 10.4 Å². The normalized spacial score (nSPS) is 14.8. The molecule has 0 unspecified atom stereocenters. The van der Waals surface area contributed by atoms with E-state index >= 15 is 0 Å².